The standard InChI is InChI=1S/C21H21N3O3/c1-15-4-2-11-24-13-18(22-20(15)24)14-27-21(26)17-8-6-16(7-9-17)12-23-10-3-5-19(23)25/h2,4,6-9,11,13H,3,5,10,12,14H2,1H3. The molecule has 3 aromatic rings. The molecule has 0 N–H and O–H groups in total. The topological polar surface area (TPSA) is 63.9 Å². The summed E-state index contributed by atoms with van der Waals surface area (Å²) in [5.74, 6) is -0.186. The molecular formula is C21H21N3O3. The highest BCUT2D eigenvalue weighted by molar-refractivity contribution is 5.89. The summed E-state index contributed by atoms with van der Waals surface area (Å²) < 4.78 is 7.32. The zero-order chi connectivity index (χ0) is 18.8. The second-order valence-electron chi connectivity index (χ2n) is 6.85. The Hall–Kier alpha value is -3.15. The molecule has 3 heterocycles. The number of carbonyl (C=O) groups excluding carboxylic acids is 2. The molecule has 1 aliphatic rings. The second-order valence-corrected chi connectivity index (χ2v) is 6.85. The van der Waals surface area contributed by atoms with Gasteiger partial charge in [-0.2, -0.15) is 0 Å². The molecule has 0 radical (unpaired) electrons. The molecule has 0 saturated carbocycles. The first-order valence-corrected chi connectivity index (χ1v) is 9.07. The number of aryl methyl sites for hydroxylation is 1. The van der Waals surface area contributed by atoms with Gasteiger partial charge in [-0.3, -0.25) is 4.79 Å². The van der Waals surface area contributed by atoms with E-state index >= 15 is 0 Å². The molecule has 6 nitrogen and oxygen atoms in total. The smallest absolute Gasteiger partial charge is 0.338 e. The van der Waals surface area contributed by atoms with E-state index in [4.69, 9.17) is 4.74 Å². The number of hydrogen-bond acceptors (Lipinski definition) is 4. The predicted molar refractivity (Wildman–Crippen MR) is 100 cm³/mol. The van der Waals surface area contributed by atoms with Gasteiger partial charge in [-0.15, -0.1) is 0 Å². The number of ether oxygens (including phenoxy) is 1. The normalized spacial score (nSPS) is 14.1. The first kappa shape index (κ1) is 17.3. The molecule has 1 fully saturated rings. The summed E-state index contributed by atoms with van der Waals surface area (Å²) in [6.07, 6.45) is 5.34. The summed E-state index contributed by atoms with van der Waals surface area (Å²) in [6.45, 7) is 3.52. The van der Waals surface area contributed by atoms with Crippen molar-refractivity contribution in [1.29, 1.82) is 0 Å². The number of esters is 1. The first-order chi connectivity index (χ1) is 13.1. The van der Waals surface area contributed by atoms with Crippen LogP contribution in [0.1, 0.15) is 40.0 Å². The van der Waals surface area contributed by atoms with Crippen LogP contribution in [0.25, 0.3) is 5.65 Å². The number of amides is 1. The molecule has 1 amide bonds. The third-order valence-electron chi connectivity index (χ3n) is 4.81. The predicted octanol–water partition coefficient (Wildman–Crippen LogP) is 3.12. The van der Waals surface area contributed by atoms with Gasteiger partial charge in [0, 0.05) is 31.9 Å². The summed E-state index contributed by atoms with van der Waals surface area (Å²) in [5.41, 5.74) is 4.15. The van der Waals surface area contributed by atoms with E-state index in [9.17, 15) is 9.59 Å². The van der Waals surface area contributed by atoms with Crippen molar-refractivity contribution >= 4 is 17.5 Å². The van der Waals surface area contributed by atoms with Crippen LogP contribution in [0.4, 0.5) is 0 Å². The van der Waals surface area contributed by atoms with Crippen LogP contribution in [0, 0.1) is 6.92 Å². The molecule has 0 bridgehead atoms. The lowest BCUT2D eigenvalue weighted by Crippen LogP contribution is -2.23. The zero-order valence-corrected chi connectivity index (χ0v) is 15.2. The lowest BCUT2D eigenvalue weighted by molar-refractivity contribution is -0.128. The van der Waals surface area contributed by atoms with Crippen molar-refractivity contribution in [1.82, 2.24) is 14.3 Å². The minimum absolute atomic E-state index is 0.129. The average Bonchev–Trinajstić information content (AvgIpc) is 3.27. The number of benzene rings is 1. The van der Waals surface area contributed by atoms with Gasteiger partial charge in [0.05, 0.1) is 11.3 Å². The van der Waals surface area contributed by atoms with Gasteiger partial charge in [0.25, 0.3) is 0 Å². The number of hydrogen-bond donors (Lipinski definition) is 0. The Balaban J connectivity index is 1.37. The molecule has 4 rings (SSSR count). The van der Waals surface area contributed by atoms with E-state index in [1.54, 1.807) is 12.1 Å². The molecule has 1 aliphatic heterocycles. The van der Waals surface area contributed by atoms with E-state index in [0.717, 1.165) is 29.7 Å². The van der Waals surface area contributed by atoms with Gasteiger partial charge < -0.3 is 14.0 Å². The average molecular weight is 363 g/mol. The van der Waals surface area contributed by atoms with Crippen molar-refractivity contribution < 1.29 is 14.3 Å². The lowest BCUT2D eigenvalue weighted by Gasteiger charge is -2.15. The van der Waals surface area contributed by atoms with Crippen molar-refractivity contribution in [3.05, 3.63) is 71.2 Å². The summed E-state index contributed by atoms with van der Waals surface area (Å²) in [7, 11) is 0. The third-order valence-corrected chi connectivity index (χ3v) is 4.81. The van der Waals surface area contributed by atoms with Crippen LogP contribution in [0.5, 0.6) is 0 Å². The largest absolute Gasteiger partial charge is 0.456 e. The van der Waals surface area contributed by atoms with Crippen molar-refractivity contribution in [3.8, 4) is 0 Å². The van der Waals surface area contributed by atoms with Gasteiger partial charge in [0.15, 0.2) is 0 Å². The molecule has 1 saturated heterocycles. The van der Waals surface area contributed by atoms with Crippen molar-refractivity contribution in [2.75, 3.05) is 6.54 Å². The summed E-state index contributed by atoms with van der Waals surface area (Å²) in [5, 5.41) is 0. The van der Waals surface area contributed by atoms with Gasteiger partial charge in [-0.05, 0) is 42.7 Å². The maximum Gasteiger partial charge on any atom is 0.338 e. The zero-order valence-electron chi connectivity index (χ0n) is 15.2. The van der Waals surface area contributed by atoms with Crippen LogP contribution in [0.2, 0.25) is 0 Å². The number of imidazole rings is 1. The van der Waals surface area contributed by atoms with Crippen LogP contribution in [0.3, 0.4) is 0 Å². The lowest BCUT2D eigenvalue weighted by atomic mass is 10.1. The minimum Gasteiger partial charge on any atom is -0.456 e. The van der Waals surface area contributed by atoms with Crippen molar-refractivity contribution in [2.45, 2.75) is 32.9 Å². The SMILES string of the molecule is Cc1cccn2cc(COC(=O)c3ccc(CN4CCCC4=O)cc3)nc12. The molecule has 0 atom stereocenters. The molecule has 0 unspecified atom stereocenters. The summed E-state index contributed by atoms with van der Waals surface area (Å²) >= 11 is 0. The summed E-state index contributed by atoms with van der Waals surface area (Å²) in [4.78, 5) is 30.3. The van der Waals surface area contributed by atoms with E-state index in [1.807, 2.05) is 52.9 Å². The number of likely N-dealkylation sites (tertiary alicyclic amines) is 1. The Morgan fingerprint density at radius 3 is 2.74 bits per heavy atom. The quantitative estimate of drug-likeness (QED) is 0.654. The van der Waals surface area contributed by atoms with Crippen LogP contribution in [-0.4, -0.2) is 32.7 Å². The maximum absolute atomic E-state index is 12.3. The monoisotopic (exact) mass is 363 g/mol. The second kappa shape index (κ2) is 7.23. The van der Waals surface area contributed by atoms with Gasteiger partial charge in [-0.25, -0.2) is 9.78 Å². The molecule has 0 aliphatic carbocycles. The molecule has 138 valence electrons. The van der Waals surface area contributed by atoms with Crippen molar-refractivity contribution in [2.24, 2.45) is 0 Å². The fourth-order valence-corrected chi connectivity index (χ4v) is 3.33. The Morgan fingerprint density at radius 1 is 1.22 bits per heavy atom. The third kappa shape index (κ3) is 3.69. The highest BCUT2D eigenvalue weighted by Crippen LogP contribution is 2.16. The maximum atomic E-state index is 12.3. The van der Waals surface area contributed by atoms with Gasteiger partial charge in [0.2, 0.25) is 5.91 Å². The van der Waals surface area contributed by atoms with E-state index in [1.165, 1.54) is 0 Å². The Kier molecular flexibility index (Phi) is 4.62. The van der Waals surface area contributed by atoms with Crippen LogP contribution in [-0.2, 0) is 22.7 Å². The molecule has 2 aromatic heterocycles. The highest BCUT2D eigenvalue weighted by atomic mass is 16.5. The Labute approximate surface area is 157 Å². The van der Waals surface area contributed by atoms with E-state index in [-0.39, 0.29) is 18.5 Å². The number of rotatable bonds is 5. The number of nitrogens with zero attached hydrogens (tertiary/aromatic N) is 3. The van der Waals surface area contributed by atoms with Gasteiger partial charge in [0.1, 0.15) is 12.3 Å². The molecular weight excluding hydrogens is 342 g/mol. The first-order valence-electron chi connectivity index (χ1n) is 9.07. The fourth-order valence-electron chi connectivity index (χ4n) is 3.33. The molecule has 27 heavy (non-hydrogen) atoms. The van der Waals surface area contributed by atoms with Gasteiger partial charge >= 0.3 is 5.97 Å². The number of carbonyl (C=O) groups is 2. The van der Waals surface area contributed by atoms with E-state index in [0.29, 0.717) is 24.2 Å². The van der Waals surface area contributed by atoms with Crippen LogP contribution < -0.4 is 0 Å². The molecule has 6 heteroatoms. The fraction of sp³-hybridized carbons (Fsp3) is 0.286. The Morgan fingerprint density at radius 2 is 2.04 bits per heavy atom. The number of pyridine rings is 1. The van der Waals surface area contributed by atoms with Crippen LogP contribution in [0.15, 0.2) is 48.8 Å². The van der Waals surface area contributed by atoms with Crippen molar-refractivity contribution in [3.63, 3.8) is 0 Å². The molecule has 0 spiro atoms. The number of aromatic nitrogens is 2. The Bertz CT molecular complexity index is 992. The molecule has 1 aromatic carbocycles. The highest BCUT2D eigenvalue weighted by Gasteiger charge is 2.20. The van der Waals surface area contributed by atoms with Crippen LogP contribution >= 0.6 is 0 Å². The van der Waals surface area contributed by atoms with Gasteiger partial charge in [-0.1, -0.05) is 18.2 Å². The number of fused-ring (bicyclic) bond motifs is 1. The van der Waals surface area contributed by atoms with E-state index < -0.39 is 0 Å². The summed E-state index contributed by atoms with van der Waals surface area (Å²) in [6, 6.07) is 11.2. The minimum atomic E-state index is -0.382. The van der Waals surface area contributed by atoms with E-state index in [2.05, 4.69) is 4.98 Å².